The van der Waals surface area contributed by atoms with Crippen LogP contribution in [0.3, 0.4) is 0 Å². The smallest absolute Gasteiger partial charge is 0.282 e. The van der Waals surface area contributed by atoms with E-state index < -0.39 is 10.2 Å². The molecule has 3 heterocycles. The van der Waals surface area contributed by atoms with E-state index in [1.54, 1.807) is 32.1 Å². The molecule has 0 spiro atoms. The van der Waals surface area contributed by atoms with Gasteiger partial charge in [0.05, 0.1) is 5.69 Å². The van der Waals surface area contributed by atoms with Crippen LogP contribution in [0.15, 0.2) is 29.6 Å². The number of nitrogens with zero attached hydrogens (tertiary/aromatic N) is 5. The lowest BCUT2D eigenvalue weighted by atomic mass is 10.2. The van der Waals surface area contributed by atoms with Gasteiger partial charge in [-0.3, -0.25) is 4.90 Å². The lowest BCUT2D eigenvalue weighted by Gasteiger charge is -2.38. The van der Waals surface area contributed by atoms with Crippen molar-refractivity contribution in [3.63, 3.8) is 0 Å². The van der Waals surface area contributed by atoms with Gasteiger partial charge in [-0.2, -0.15) is 17.0 Å². The predicted molar refractivity (Wildman–Crippen MR) is 112 cm³/mol. The van der Waals surface area contributed by atoms with Crippen LogP contribution in [0.5, 0.6) is 0 Å². The van der Waals surface area contributed by atoms with E-state index in [1.165, 1.54) is 12.1 Å². The number of piperazine rings is 2. The normalized spacial score (nSPS) is 20.9. The lowest BCUT2D eigenvalue weighted by Crippen LogP contribution is -2.56. The minimum absolute atomic E-state index is 0.255. The number of benzene rings is 1. The number of hydrogen-bond acceptors (Lipinski definition) is 6. The van der Waals surface area contributed by atoms with Gasteiger partial charge in [0.15, 0.2) is 0 Å². The van der Waals surface area contributed by atoms with Crippen LogP contribution in [0, 0.1) is 5.82 Å². The van der Waals surface area contributed by atoms with Gasteiger partial charge in [-0.25, -0.2) is 9.37 Å². The molecule has 0 radical (unpaired) electrons. The molecule has 0 N–H and O–H groups in total. The molecule has 0 atom stereocenters. The van der Waals surface area contributed by atoms with Gasteiger partial charge in [0.2, 0.25) is 0 Å². The summed E-state index contributed by atoms with van der Waals surface area (Å²) in [6.07, 6.45) is 0. The molecule has 2 aliphatic rings. The van der Waals surface area contributed by atoms with Gasteiger partial charge in [0, 0.05) is 69.8 Å². The molecule has 2 aliphatic heterocycles. The van der Waals surface area contributed by atoms with Crippen molar-refractivity contribution in [2.75, 3.05) is 59.4 Å². The topological polar surface area (TPSA) is 60.0 Å². The zero-order valence-electron chi connectivity index (χ0n) is 16.5. The van der Waals surface area contributed by atoms with E-state index in [1.807, 2.05) is 12.4 Å². The molecule has 2 saturated heterocycles. The van der Waals surface area contributed by atoms with E-state index in [-0.39, 0.29) is 5.82 Å². The molecule has 0 saturated carbocycles. The Morgan fingerprint density at radius 2 is 1.55 bits per heavy atom. The van der Waals surface area contributed by atoms with Crippen molar-refractivity contribution in [2.24, 2.45) is 0 Å². The van der Waals surface area contributed by atoms with Gasteiger partial charge in [-0.05, 0) is 31.3 Å². The zero-order valence-corrected chi connectivity index (χ0v) is 18.1. The fourth-order valence-corrected chi connectivity index (χ4v) is 6.03. The van der Waals surface area contributed by atoms with Crippen molar-refractivity contribution in [1.29, 1.82) is 0 Å². The van der Waals surface area contributed by atoms with Crippen molar-refractivity contribution in [2.45, 2.75) is 6.54 Å². The van der Waals surface area contributed by atoms with Crippen molar-refractivity contribution in [1.82, 2.24) is 23.4 Å². The number of rotatable bonds is 5. The van der Waals surface area contributed by atoms with E-state index in [0.717, 1.165) is 29.4 Å². The molecule has 1 aromatic carbocycles. The second-order valence-corrected chi connectivity index (χ2v) is 10.3. The maximum Gasteiger partial charge on any atom is 0.282 e. The van der Waals surface area contributed by atoms with Crippen LogP contribution in [0.4, 0.5) is 4.39 Å². The average Bonchev–Trinajstić information content (AvgIpc) is 3.18. The van der Waals surface area contributed by atoms with Crippen LogP contribution in [-0.4, -0.2) is 91.2 Å². The highest BCUT2D eigenvalue weighted by atomic mass is 32.2. The van der Waals surface area contributed by atoms with Crippen molar-refractivity contribution in [3.05, 3.63) is 41.2 Å². The second-order valence-electron chi connectivity index (χ2n) is 7.54. The summed E-state index contributed by atoms with van der Waals surface area (Å²) >= 11 is 1.54. The number of likely N-dealkylation sites (N-methyl/N-ethyl adjacent to an activating group) is 1. The Hall–Kier alpha value is -1.43. The Kier molecular flexibility index (Phi) is 6.28. The molecule has 0 bridgehead atoms. The zero-order chi connectivity index (χ0) is 20.4. The highest BCUT2D eigenvalue weighted by Gasteiger charge is 2.33. The Balaban J connectivity index is 1.32. The number of aromatic nitrogens is 1. The molecule has 2 fully saturated rings. The van der Waals surface area contributed by atoms with E-state index >= 15 is 0 Å². The van der Waals surface area contributed by atoms with Gasteiger partial charge >= 0.3 is 0 Å². The molecule has 0 amide bonds. The highest BCUT2D eigenvalue weighted by Crippen LogP contribution is 2.25. The molecule has 2 aromatic rings. The highest BCUT2D eigenvalue weighted by molar-refractivity contribution is 7.86. The summed E-state index contributed by atoms with van der Waals surface area (Å²) in [4.78, 5) is 9.05. The van der Waals surface area contributed by atoms with Gasteiger partial charge in [-0.1, -0.05) is 0 Å². The molecule has 10 heteroatoms. The van der Waals surface area contributed by atoms with Crippen molar-refractivity contribution < 1.29 is 12.8 Å². The fourth-order valence-electron chi connectivity index (χ4n) is 3.63. The van der Waals surface area contributed by atoms with Crippen LogP contribution in [0.25, 0.3) is 10.6 Å². The quantitative estimate of drug-likeness (QED) is 0.708. The van der Waals surface area contributed by atoms with Gasteiger partial charge in [-0.15, -0.1) is 11.3 Å². The average molecular weight is 440 g/mol. The summed E-state index contributed by atoms with van der Waals surface area (Å²) < 4.78 is 42.1. The first-order valence-corrected chi connectivity index (χ1v) is 12.1. The minimum atomic E-state index is -3.37. The van der Waals surface area contributed by atoms with Crippen LogP contribution in [0.2, 0.25) is 0 Å². The van der Waals surface area contributed by atoms with Gasteiger partial charge in [0.25, 0.3) is 10.2 Å². The third-order valence-electron chi connectivity index (χ3n) is 5.47. The maximum atomic E-state index is 13.1. The maximum absolute atomic E-state index is 13.1. The molecular formula is C19H26FN5O2S2. The van der Waals surface area contributed by atoms with E-state index in [9.17, 15) is 12.8 Å². The first kappa shape index (κ1) is 20.8. The third-order valence-corrected chi connectivity index (χ3v) is 8.45. The monoisotopic (exact) mass is 439 g/mol. The summed E-state index contributed by atoms with van der Waals surface area (Å²) in [7, 11) is -1.35. The molecule has 0 unspecified atom stereocenters. The Morgan fingerprint density at radius 1 is 0.966 bits per heavy atom. The van der Waals surface area contributed by atoms with Crippen LogP contribution >= 0.6 is 11.3 Å². The molecule has 7 nitrogen and oxygen atoms in total. The largest absolute Gasteiger partial charge is 0.304 e. The number of hydrogen-bond donors (Lipinski definition) is 0. The summed E-state index contributed by atoms with van der Waals surface area (Å²) in [5.74, 6) is -0.255. The first-order valence-electron chi connectivity index (χ1n) is 9.78. The van der Waals surface area contributed by atoms with E-state index in [0.29, 0.717) is 45.8 Å². The molecule has 29 heavy (non-hydrogen) atoms. The van der Waals surface area contributed by atoms with Crippen molar-refractivity contribution in [3.8, 4) is 10.6 Å². The van der Waals surface area contributed by atoms with E-state index in [4.69, 9.17) is 0 Å². The number of halogens is 1. The Morgan fingerprint density at radius 3 is 2.17 bits per heavy atom. The van der Waals surface area contributed by atoms with Crippen LogP contribution in [0.1, 0.15) is 5.69 Å². The Bertz CT molecular complexity index is 918. The lowest BCUT2D eigenvalue weighted by molar-refractivity contribution is 0.164. The summed E-state index contributed by atoms with van der Waals surface area (Å²) in [5.41, 5.74) is 1.87. The fraction of sp³-hybridized carbons (Fsp3) is 0.526. The molecule has 158 valence electrons. The van der Waals surface area contributed by atoms with Crippen molar-refractivity contribution >= 4 is 21.5 Å². The summed E-state index contributed by atoms with van der Waals surface area (Å²) in [6, 6.07) is 6.35. The summed E-state index contributed by atoms with van der Waals surface area (Å²) in [5, 5.41) is 2.89. The molecule has 4 rings (SSSR count). The summed E-state index contributed by atoms with van der Waals surface area (Å²) in [6.45, 7) is 5.76. The molecular weight excluding hydrogens is 413 g/mol. The Labute approximate surface area is 175 Å². The minimum Gasteiger partial charge on any atom is -0.304 e. The molecule has 0 aliphatic carbocycles. The second kappa shape index (κ2) is 8.75. The standard InChI is InChI=1S/C19H26FN5O2S2/c1-22-6-10-24(11-7-22)29(26,27)25-12-8-23(9-13-25)14-18-15-28-19(21-18)16-2-4-17(20)5-3-16/h2-5,15H,6-14H2,1H3. The number of thiazole rings is 1. The predicted octanol–water partition coefficient (Wildman–Crippen LogP) is 1.56. The third kappa shape index (κ3) is 4.84. The van der Waals surface area contributed by atoms with E-state index in [2.05, 4.69) is 14.8 Å². The first-order chi connectivity index (χ1) is 13.9. The SMILES string of the molecule is CN1CCN(S(=O)(=O)N2CCN(Cc3csc(-c4ccc(F)cc4)n3)CC2)CC1. The van der Waals surface area contributed by atoms with Gasteiger partial charge < -0.3 is 4.90 Å². The van der Waals surface area contributed by atoms with Gasteiger partial charge in [0.1, 0.15) is 10.8 Å². The van der Waals surface area contributed by atoms with Crippen LogP contribution < -0.4 is 0 Å². The molecule has 1 aromatic heterocycles. The van der Waals surface area contributed by atoms with Crippen LogP contribution in [-0.2, 0) is 16.8 Å².